The molecule has 5 heteroatoms. The van der Waals surface area contributed by atoms with E-state index in [0.717, 1.165) is 17.5 Å². The quantitative estimate of drug-likeness (QED) is 0.356. The smallest absolute Gasteiger partial charge is 0.247 e. The highest BCUT2D eigenvalue weighted by Crippen LogP contribution is 2.32. The molecule has 0 amide bonds. The molecular weight excluding hydrogens is 208 g/mol. The molecule has 0 aliphatic carbocycles. The van der Waals surface area contributed by atoms with Crippen LogP contribution in [0.3, 0.4) is 0 Å². The lowest BCUT2D eigenvalue weighted by Crippen LogP contribution is -1.90. The Balaban J connectivity index is 3.10. The molecule has 0 bridgehead atoms. The van der Waals surface area contributed by atoms with Crippen LogP contribution in [-0.4, -0.2) is 6.08 Å². The molecular formula is C8H7ClN2OS. The van der Waals surface area contributed by atoms with Crippen LogP contribution < -0.4 is 5.73 Å². The van der Waals surface area contributed by atoms with Crippen LogP contribution in [0.1, 0.15) is 5.56 Å². The Morgan fingerprint density at radius 1 is 1.62 bits per heavy atom. The zero-order valence-electron chi connectivity index (χ0n) is 6.87. The fourth-order valence-electron chi connectivity index (χ4n) is 0.813. The fourth-order valence-corrected chi connectivity index (χ4v) is 1.59. The molecule has 0 unspecified atom stereocenters. The summed E-state index contributed by atoms with van der Waals surface area (Å²) in [5.74, 6) is 0. The van der Waals surface area contributed by atoms with Crippen LogP contribution >= 0.6 is 23.5 Å². The first-order valence-corrected chi connectivity index (χ1v) is 4.60. The molecule has 0 aliphatic rings. The van der Waals surface area contributed by atoms with Gasteiger partial charge in [0, 0.05) is 17.6 Å². The van der Waals surface area contributed by atoms with Gasteiger partial charge in [-0.2, -0.15) is 0 Å². The standard InChI is InChI=1S/C8H7ClN2OS/c1-5-6(10)2-3-7(8(5)9)13-11-4-12/h2-3H,10H2,1H3. The summed E-state index contributed by atoms with van der Waals surface area (Å²) >= 11 is 6.93. The minimum absolute atomic E-state index is 0.531. The third-order valence-electron chi connectivity index (χ3n) is 1.57. The van der Waals surface area contributed by atoms with Gasteiger partial charge < -0.3 is 5.73 Å². The first-order valence-electron chi connectivity index (χ1n) is 3.45. The summed E-state index contributed by atoms with van der Waals surface area (Å²) in [6, 6.07) is 3.44. The molecule has 1 rings (SSSR count). The van der Waals surface area contributed by atoms with Gasteiger partial charge in [0.05, 0.1) is 9.92 Å². The Morgan fingerprint density at radius 3 is 2.92 bits per heavy atom. The highest BCUT2D eigenvalue weighted by Gasteiger charge is 2.05. The Morgan fingerprint density at radius 2 is 2.31 bits per heavy atom. The van der Waals surface area contributed by atoms with E-state index in [4.69, 9.17) is 17.3 Å². The lowest BCUT2D eigenvalue weighted by Gasteiger charge is -2.05. The highest BCUT2D eigenvalue weighted by molar-refractivity contribution is 7.98. The van der Waals surface area contributed by atoms with Crippen molar-refractivity contribution in [2.75, 3.05) is 5.73 Å². The molecule has 3 nitrogen and oxygen atoms in total. The Bertz CT molecular complexity index is 375. The first-order chi connectivity index (χ1) is 6.16. The van der Waals surface area contributed by atoms with Crippen molar-refractivity contribution in [1.29, 1.82) is 0 Å². The van der Waals surface area contributed by atoms with Crippen LogP contribution in [-0.2, 0) is 4.79 Å². The van der Waals surface area contributed by atoms with Gasteiger partial charge in [0.2, 0.25) is 6.08 Å². The van der Waals surface area contributed by atoms with Crippen LogP contribution in [0.4, 0.5) is 5.69 Å². The zero-order valence-corrected chi connectivity index (χ0v) is 8.45. The van der Waals surface area contributed by atoms with Crippen LogP contribution in [0.15, 0.2) is 21.4 Å². The zero-order chi connectivity index (χ0) is 9.84. The number of nitrogen functional groups attached to an aromatic ring is 1. The number of benzene rings is 1. The van der Waals surface area contributed by atoms with Crippen molar-refractivity contribution in [3.8, 4) is 0 Å². The van der Waals surface area contributed by atoms with Gasteiger partial charge in [0.1, 0.15) is 0 Å². The van der Waals surface area contributed by atoms with Crippen LogP contribution in [0.25, 0.3) is 0 Å². The van der Waals surface area contributed by atoms with Gasteiger partial charge in [-0.3, -0.25) is 0 Å². The number of isocyanates is 1. The predicted molar refractivity (Wildman–Crippen MR) is 54.6 cm³/mol. The van der Waals surface area contributed by atoms with E-state index in [1.54, 1.807) is 12.1 Å². The molecule has 1 aromatic rings. The van der Waals surface area contributed by atoms with Crippen LogP contribution in [0.2, 0.25) is 5.02 Å². The van der Waals surface area contributed by atoms with E-state index in [1.807, 2.05) is 6.92 Å². The Kier molecular flexibility index (Phi) is 3.37. The molecule has 2 N–H and O–H groups in total. The molecule has 0 radical (unpaired) electrons. The maximum absolute atomic E-state index is 9.86. The minimum Gasteiger partial charge on any atom is -0.398 e. The van der Waals surface area contributed by atoms with Crippen molar-refractivity contribution in [2.24, 2.45) is 4.40 Å². The first kappa shape index (κ1) is 10.1. The van der Waals surface area contributed by atoms with E-state index < -0.39 is 0 Å². The van der Waals surface area contributed by atoms with E-state index >= 15 is 0 Å². The van der Waals surface area contributed by atoms with E-state index in [2.05, 4.69) is 4.40 Å². The lowest BCUT2D eigenvalue weighted by atomic mass is 10.2. The third-order valence-corrected chi connectivity index (χ3v) is 2.88. The average molecular weight is 215 g/mol. The largest absolute Gasteiger partial charge is 0.398 e. The maximum Gasteiger partial charge on any atom is 0.247 e. The number of nitrogens with two attached hydrogens (primary N) is 1. The van der Waals surface area contributed by atoms with Crippen LogP contribution in [0.5, 0.6) is 0 Å². The summed E-state index contributed by atoms with van der Waals surface area (Å²) in [6.07, 6.45) is 1.43. The molecule has 13 heavy (non-hydrogen) atoms. The number of anilines is 1. The summed E-state index contributed by atoms with van der Waals surface area (Å²) in [6.45, 7) is 1.81. The number of nitrogens with zero attached hydrogens (tertiary/aromatic N) is 1. The fraction of sp³-hybridized carbons (Fsp3) is 0.125. The number of hydrogen-bond acceptors (Lipinski definition) is 4. The van der Waals surface area contributed by atoms with Gasteiger partial charge in [-0.05, 0) is 24.6 Å². The molecule has 0 spiro atoms. The molecule has 0 saturated heterocycles. The molecule has 0 saturated carbocycles. The third kappa shape index (κ3) is 2.25. The topological polar surface area (TPSA) is 55.4 Å². The molecule has 1 aromatic carbocycles. The molecule has 0 aliphatic heterocycles. The summed E-state index contributed by atoms with van der Waals surface area (Å²) in [5, 5.41) is 0.531. The van der Waals surface area contributed by atoms with Gasteiger partial charge in [-0.25, -0.2) is 4.79 Å². The van der Waals surface area contributed by atoms with Crippen molar-refractivity contribution in [3.63, 3.8) is 0 Å². The number of hydrogen-bond donors (Lipinski definition) is 1. The summed E-state index contributed by atoms with van der Waals surface area (Å²) in [5.41, 5.74) is 7.04. The monoisotopic (exact) mass is 214 g/mol. The molecule has 0 atom stereocenters. The molecule has 0 heterocycles. The summed E-state index contributed by atoms with van der Waals surface area (Å²) < 4.78 is 3.36. The summed E-state index contributed by atoms with van der Waals surface area (Å²) in [7, 11) is 0. The van der Waals surface area contributed by atoms with Crippen molar-refractivity contribution in [2.45, 2.75) is 11.8 Å². The maximum atomic E-state index is 9.86. The second kappa shape index (κ2) is 4.33. The molecule has 68 valence electrons. The Labute approximate surface area is 85.1 Å². The van der Waals surface area contributed by atoms with Crippen molar-refractivity contribution < 1.29 is 4.79 Å². The molecule has 0 fully saturated rings. The lowest BCUT2D eigenvalue weighted by molar-refractivity contribution is 0.566. The normalized spacial score (nSPS) is 9.38. The summed E-state index contributed by atoms with van der Waals surface area (Å²) in [4.78, 5) is 10.6. The SMILES string of the molecule is Cc1c(N)ccc(SN=C=O)c1Cl. The minimum atomic E-state index is 0.531. The van der Waals surface area contributed by atoms with Gasteiger partial charge in [0.15, 0.2) is 0 Å². The van der Waals surface area contributed by atoms with E-state index in [0.29, 0.717) is 15.6 Å². The van der Waals surface area contributed by atoms with Crippen molar-refractivity contribution >= 4 is 35.3 Å². The van der Waals surface area contributed by atoms with Gasteiger partial charge in [-0.15, -0.1) is 4.40 Å². The second-order valence-corrected chi connectivity index (χ2v) is 3.55. The van der Waals surface area contributed by atoms with Gasteiger partial charge in [-0.1, -0.05) is 11.6 Å². The number of rotatable bonds is 2. The molecule has 0 aromatic heterocycles. The highest BCUT2D eigenvalue weighted by atomic mass is 35.5. The average Bonchev–Trinajstić information content (AvgIpc) is 2.13. The van der Waals surface area contributed by atoms with E-state index in [9.17, 15) is 4.79 Å². The predicted octanol–water partition coefficient (Wildman–Crippen LogP) is 2.57. The van der Waals surface area contributed by atoms with Crippen molar-refractivity contribution in [1.82, 2.24) is 0 Å². The second-order valence-electron chi connectivity index (χ2n) is 2.37. The van der Waals surface area contributed by atoms with E-state index in [-0.39, 0.29) is 0 Å². The Hall–Kier alpha value is -0.960. The van der Waals surface area contributed by atoms with E-state index in [1.165, 1.54) is 6.08 Å². The van der Waals surface area contributed by atoms with Gasteiger partial charge >= 0.3 is 0 Å². The number of halogens is 1. The van der Waals surface area contributed by atoms with Crippen LogP contribution in [0, 0.1) is 6.92 Å². The van der Waals surface area contributed by atoms with Gasteiger partial charge in [0.25, 0.3) is 0 Å². The van der Waals surface area contributed by atoms with Crippen molar-refractivity contribution in [3.05, 3.63) is 22.7 Å². The number of carbonyl (C=O) groups excluding carboxylic acids is 1.